The van der Waals surface area contributed by atoms with Crippen molar-refractivity contribution in [2.24, 2.45) is 10.8 Å². The maximum Gasteiger partial charge on any atom is 0.474 e. The lowest BCUT2D eigenvalue weighted by molar-refractivity contribution is -0.159. The van der Waals surface area contributed by atoms with E-state index < -0.39 is 26.5 Å². The molecule has 120 valence electrons. The molecule has 6 aliphatic heterocycles. The molecule has 0 aromatic carbocycles. The number of phosphoric acid groups is 2. The summed E-state index contributed by atoms with van der Waals surface area (Å²) < 4.78 is 59.7. The van der Waals surface area contributed by atoms with Gasteiger partial charge in [0.1, 0.15) is 0 Å². The van der Waals surface area contributed by atoms with E-state index in [-0.39, 0.29) is 39.6 Å². The topological polar surface area (TPSA) is 98.8 Å². The van der Waals surface area contributed by atoms with Crippen molar-refractivity contribution in [2.45, 2.75) is 0 Å². The Balaban J connectivity index is 1.32. The van der Waals surface area contributed by atoms with E-state index in [1.54, 1.807) is 0 Å². The average molecular weight is 342 g/mol. The Kier molecular flexibility index (Phi) is 3.40. The SMILES string of the molecule is O=P12OCC(COCC34COP(=O)(OC3)OC4)(CO1)CO2. The normalized spacial score (nSPS) is 52.2. The molecule has 0 saturated carbocycles. The monoisotopic (exact) mass is 342 g/mol. The molecular formula is C10H16O9P2. The minimum absolute atomic E-state index is 0.288. The van der Waals surface area contributed by atoms with Crippen molar-refractivity contribution >= 4 is 15.6 Å². The largest absolute Gasteiger partial charge is 0.474 e. The summed E-state index contributed by atoms with van der Waals surface area (Å²) in [7, 11) is -6.59. The van der Waals surface area contributed by atoms with Crippen molar-refractivity contribution in [2.75, 3.05) is 52.9 Å². The second kappa shape index (κ2) is 4.84. The quantitative estimate of drug-likeness (QED) is 0.701. The molecule has 0 atom stereocenters. The molecule has 0 spiro atoms. The van der Waals surface area contributed by atoms with Crippen molar-refractivity contribution in [1.82, 2.24) is 0 Å². The molecule has 21 heavy (non-hydrogen) atoms. The Bertz CT molecular complexity index is 426. The van der Waals surface area contributed by atoms with E-state index in [0.717, 1.165) is 0 Å². The minimum atomic E-state index is -3.30. The zero-order valence-corrected chi connectivity index (χ0v) is 13.0. The number of rotatable bonds is 4. The van der Waals surface area contributed by atoms with Gasteiger partial charge in [-0.05, 0) is 0 Å². The van der Waals surface area contributed by atoms with Crippen LogP contribution in [0.2, 0.25) is 0 Å². The predicted molar refractivity (Wildman–Crippen MR) is 66.6 cm³/mol. The molecule has 0 aromatic heterocycles. The van der Waals surface area contributed by atoms with Crippen LogP contribution in [0.5, 0.6) is 0 Å². The summed E-state index contributed by atoms with van der Waals surface area (Å²) in [5.41, 5.74) is -0.881. The molecule has 0 amide bonds. The van der Waals surface area contributed by atoms with Crippen LogP contribution < -0.4 is 0 Å². The fourth-order valence-corrected chi connectivity index (χ4v) is 5.54. The number of fused-ring (bicyclic) bond motifs is 6. The van der Waals surface area contributed by atoms with Gasteiger partial charge in [-0.25, -0.2) is 9.13 Å². The average Bonchev–Trinajstić information content (AvgIpc) is 2.51. The van der Waals surface area contributed by atoms with Gasteiger partial charge in [-0.3, -0.25) is 27.1 Å². The second-order valence-electron chi connectivity index (χ2n) is 6.03. The molecule has 6 saturated heterocycles. The van der Waals surface area contributed by atoms with E-state index in [0.29, 0.717) is 13.2 Å². The van der Waals surface area contributed by atoms with Crippen molar-refractivity contribution in [1.29, 1.82) is 0 Å². The first-order chi connectivity index (χ1) is 9.95. The van der Waals surface area contributed by atoms with Gasteiger partial charge in [0.15, 0.2) is 0 Å². The summed E-state index contributed by atoms with van der Waals surface area (Å²) in [4.78, 5) is 0. The number of phosphoric ester groups is 2. The summed E-state index contributed by atoms with van der Waals surface area (Å²) in [6.07, 6.45) is 0. The number of ether oxygens (including phenoxy) is 1. The third kappa shape index (κ3) is 2.65. The first-order valence-corrected chi connectivity index (χ1v) is 9.52. The molecule has 6 aliphatic rings. The molecule has 6 heterocycles. The highest BCUT2D eigenvalue weighted by Crippen LogP contribution is 2.61. The van der Waals surface area contributed by atoms with Gasteiger partial charge in [-0.1, -0.05) is 0 Å². The van der Waals surface area contributed by atoms with Gasteiger partial charge in [0.2, 0.25) is 0 Å². The van der Waals surface area contributed by atoms with Crippen LogP contribution in [-0.2, 0) is 41.0 Å². The highest BCUT2D eigenvalue weighted by Gasteiger charge is 2.53. The van der Waals surface area contributed by atoms with Crippen LogP contribution in [-0.4, -0.2) is 52.9 Å². The second-order valence-corrected chi connectivity index (χ2v) is 9.37. The van der Waals surface area contributed by atoms with Gasteiger partial charge in [0.05, 0.1) is 63.7 Å². The molecule has 0 aromatic rings. The summed E-state index contributed by atoms with van der Waals surface area (Å²) in [6, 6.07) is 0. The van der Waals surface area contributed by atoms with Gasteiger partial charge in [0, 0.05) is 0 Å². The highest BCUT2D eigenvalue weighted by molar-refractivity contribution is 7.48. The Hall–Kier alpha value is 0.180. The molecule has 11 heteroatoms. The maximum atomic E-state index is 11.7. The standard InChI is InChI=1S/C10H16O9P2/c11-20-14-3-9(4-15-20,5-16-20)1-13-2-10-6-17-21(12,18-7-10)19-8-10/h1-8H2. The van der Waals surface area contributed by atoms with E-state index in [1.807, 2.05) is 0 Å². The fourth-order valence-electron chi connectivity index (χ4n) is 2.50. The Labute approximate surface area is 121 Å². The van der Waals surface area contributed by atoms with Crippen LogP contribution in [0.4, 0.5) is 0 Å². The zero-order chi connectivity index (χ0) is 14.6. The molecule has 0 aliphatic carbocycles. The van der Waals surface area contributed by atoms with Gasteiger partial charge in [-0.15, -0.1) is 0 Å². The van der Waals surface area contributed by atoms with Crippen molar-refractivity contribution in [3.05, 3.63) is 0 Å². The number of hydrogen-bond acceptors (Lipinski definition) is 9. The number of hydrogen-bond donors (Lipinski definition) is 0. The lowest BCUT2D eigenvalue weighted by Crippen LogP contribution is -2.51. The molecule has 4 bridgehead atoms. The maximum absolute atomic E-state index is 11.7. The van der Waals surface area contributed by atoms with Crippen LogP contribution in [0.3, 0.4) is 0 Å². The van der Waals surface area contributed by atoms with Gasteiger partial charge in [0.25, 0.3) is 0 Å². The highest BCUT2D eigenvalue weighted by atomic mass is 31.2. The molecule has 0 N–H and O–H groups in total. The Morgan fingerprint density at radius 3 is 1.24 bits per heavy atom. The van der Waals surface area contributed by atoms with Crippen LogP contribution in [0.15, 0.2) is 0 Å². The first kappa shape index (κ1) is 14.8. The first-order valence-electron chi connectivity index (χ1n) is 6.60. The predicted octanol–water partition coefficient (Wildman–Crippen LogP) is 1.35. The summed E-state index contributed by atoms with van der Waals surface area (Å²) in [5, 5.41) is 0. The van der Waals surface area contributed by atoms with Gasteiger partial charge in [-0.2, -0.15) is 0 Å². The van der Waals surface area contributed by atoms with E-state index in [9.17, 15) is 9.13 Å². The molecule has 0 unspecified atom stereocenters. The molecule has 9 nitrogen and oxygen atoms in total. The summed E-state index contributed by atoms with van der Waals surface area (Å²) in [5.74, 6) is 0. The third-order valence-corrected chi connectivity index (χ3v) is 6.66. The third-order valence-electron chi connectivity index (χ3n) is 3.99. The molecule has 6 rings (SSSR count). The van der Waals surface area contributed by atoms with E-state index in [2.05, 4.69) is 0 Å². The van der Waals surface area contributed by atoms with Crippen LogP contribution in [0.25, 0.3) is 0 Å². The Morgan fingerprint density at radius 2 is 0.952 bits per heavy atom. The smallest absolute Gasteiger partial charge is 0.380 e. The van der Waals surface area contributed by atoms with E-state index in [4.69, 9.17) is 31.9 Å². The van der Waals surface area contributed by atoms with E-state index in [1.165, 1.54) is 0 Å². The lowest BCUT2D eigenvalue weighted by atomic mass is 9.90. The van der Waals surface area contributed by atoms with Crippen LogP contribution >= 0.6 is 15.6 Å². The summed E-state index contributed by atoms with van der Waals surface area (Å²) in [6.45, 7) is 2.41. The van der Waals surface area contributed by atoms with Crippen LogP contribution in [0.1, 0.15) is 0 Å². The Morgan fingerprint density at radius 1 is 0.667 bits per heavy atom. The van der Waals surface area contributed by atoms with Crippen LogP contribution in [0, 0.1) is 10.8 Å². The molecular weight excluding hydrogens is 326 g/mol. The minimum Gasteiger partial charge on any atom is -0.380 e. The van der Waals surface area contributed by atoms with Crippen molar-refractivity contribution in [3.8, 4) is 0 Å². The lowest BCUT2D eigenvalue weighted by Gasteiger charge is -2.46. The molecule has 6 fully saturated rings. The van der Waals surface area contributed by atoms with E-state index >= 15 is 0 Å². The zero-order valence-electron chi connectivity index (χ0n) is 11.2. The van der Waals surface area contributed by atoms with Crippen molar-refractivity contribution < 1.29 is 41.0 Å². The fraction of sp³-hybridized carbons (Fsp3) is 1.00. The molecule has 0 radical (unpaired) electrons. The van der Waals surface area contributed by atoms with Gasteiger partial charge >= 0.3 is 15.6 Å². The van der Waals surface area contributed by atoms with Gasteiger partial charge < -0.3 is 4.74 Å². The summed E-state index contributed by atoms with van der Waals surface area (Å²) >= 11 is 0. The van der Waals surface area contributed by atoms with Crippen molar-refractivity contribution in [3.63, 3.8) is 0 Å².